The summed E-state index contributed by atoms with van der Waals surface area (Å²) in [5.74, 6) is 0.432. The molecule has 2 aromatic heterocycles. The van der Waals surface area contributed by atoms with Gasteiger partial charge in [-0.25, -0.2) is 9.36 Å². The van der Waals surface area contributed by atoms with Crippen molar-refractivity contribution in [3.63, 3.8) is 0 Å². The van der Waals surface area contributed by atoms with Gasteiger partial charge in [0.2, 0.25) is 0 Å². The minimum absolute atomic E-state index is 0.00121. The second kappa shape index (κ2) is 7.20. The number of tetrazole rings is 1. The predicted molar refractivity (Wildman–Crippen MR) is 99.6 cm³/mol. The van der Waals surface area contributed by atoms with Gasteiger partial charge in [0.15, 0.2) is 0 Å². The van der Waals surface area contributed by atoms with Gasteiger partial charge in [0.1, 0.15) is 12.1 Å². The molecule has 0 saturated carbocycles. The van der Waals surface area contributed by atoms with Gasteiger partial charge >= 0.3 is 0 Å². The molecule has 0 aliphatic carbocycles. The first kappa shape index (κ1) is 16.6. The third-order valence-corrected chi connectivity index (χ3v) is 4.30. The third kappa shape index (κ3) is 3.45. The van der Waals surface area contributed by atoms with E-state index in [1.807, 2.05) is 37.3 Å². The molecule has 0 aliphatic rings. The molecule has 8 nitrogen and oxygen atoms in total. The largest absolute Gasteiger partial charge is 0.307 e. The van der Waals surface area contributed by atoms with E-state index in [1.54, 1.807) is 41.2 Å². The van der Waals surface area contributed by atoms with Gasteiger partial charge in [-0.05, 0) is 47.2 Å². The number of nitrogens with zero attached hydrogens (tertiary/aromatic N) is 6. The van der Waals surface area contributed by atoms with E-state index in [4.69, 9.17) is 0 Å². The number of benzene rings is 2. The van der Waals surface area contributed by atoms with Crippen molar-refractivity contribution in [2.24, 2.45) is 0 Å². The van der Waals surface area contributed by atoms with E-state index < -0.39 is 0 Å². The Balaban J connectivity index is 1.51. The minimum Gasteiger partial charge on any atom is -0.307 e. The summed E-state index contributed by atoms with van der Waals surface area (Å²) in [6, 6.07) is 18.8. The van der Waals surface area contributed by atoms with E-state index >= 15 is 0 Å². The lowest BCUT2D eigenvalue weighted by molar-refractivity contribution is 0.102. The second-order valence-corrected chi connectivity index (χ2v) is 6.00. The summed E-state index contributed by atoms with van der Waals surface area (Å²) in [6.45, 7) is 2.04. The summed E-state index contributed by atoms with van der Waals surface area (Å²) in [5.41, 5.74) is 2.42. The van der Waals surface area contributed by atoms with Crippen molar-refractivity contribution in [2.75, 3.05) is 5.32 Å². The van der Waals surface area contributed by atoms with Crippen LogP contribution in [0.1, 0.15) is 28.9 Å². The minimum atomic E-state index is -0.208. The molecule has 1 N–H and O–H groups in total. The molecule has 4 rings (SSSR count). The van der Waals surface area contributed by atoms with Crippen LogP contribution < -0.4 is 5.32 Å². The molecule has 27 heavy (non-hydrogen) atoms. The standard InChI is InChI=1S/C19H17N7O/c1-14(15-5-3-2-4-6-15)26-18(11-12-21-26)22-19(27)16-7-9-17(10-8-16)25-13-20-23-24-25/h2-14H,1H3,(H,22,27). The molecule has 0 radical (unpaired) electrons. The van der Waals surface area contributed by atoms with Crippen LogP contribution in [0.3, 0.4) is 0 Å². The summed E-state index contributed by atoms with van der Waals surface area (Å²) >= 11 is 0. The molecule has 8 heteroatoms. The molecule has 0 bridgehead atoms. The number of carbonyl (C=O) groups is 1. The van der Waals surface area contributed by atoms with Crippen LogP contribution in [0, 0.1) is 0 Å². The van der Waals surface area contributed by atoms with Crippen LogP contribution in [0.2, 0.25) is 0 Å². The molecule has 0 fully saturated rings. The maximum Gasteiger partial charge on any atom is 0.256 e. The van der Waals surface area contributed by atoms with Crippen LogP contribution in [-0.2, 0) is 0 Å². The van der Waals surface area contributed by atoms with Gasteiger partial charge in [-0.2, -0.15) is 5.10 Å². The molecule has 1 amide bonds. The van der Waals surface area contributed by atoms with Crippen molar-refractivity contribution >= 4 is 11.7 Å². The molecule has 1 atom stereocenters. The van der Waals surface area contributed by atoms with Gasteiger partial charge in [0.05, 0.1) is 17.9 Å². The third-order valence-electron chi connectivity index (χ3n) is 4.30. The molecule has 4 aromatic rings. The second-order valence-electron chi connectivity index (χ2n) is 6.00. The Kier molecular flexibility index (Phi) is 4.44. The highest BCUT2D eigenvalue weighted by molar-refractivity contribution is 6.03. The zero-order valence-electron chi connectivity index (χ0n) is 14.6. The van der Waals surface area contributed by atoms with Gasteiger partial charge in [-0.3, -0.25) is 4.79 Å². The van der Waals surface area contributed by atoms with Gasteiger partial charge in [-0.15, -0.1) is 5.10 Å². The van der Waals surface area contributed by atoms with Gasteiger partial charge < -0.3 is 5.32 Å². The molecular formula is C19H17N7O. The quantitative estimate of drug-likeness (QED) is 0.592. The maximum atomic E-state index is 12.6. The molecule has 0 aliphatic heterocycles. The highest BCUT2D eigenvalue weighted by Crippen LogP contribution is 2.21. The molecule has 2 heterocycles. The van der Waals surface area contributed by atoms with Crippen molar-refractivity contribution in [3.8, 4) is 5.69 Å². The number of aromatic nitrogens is 6. The SMILES string of the molecule is CC(c1ccccc1)n1nccc1NC(=O)c1ccc(-n2cnnn2)cc1. The van der Waals surface area contributed by atoms with Crippen molar-refractivity contribution in [1.29, 1.82) is 0 Å². The highest BCUT2D eigenvalue weighted by Gasteiger charge is 2.15. The summed E-state index contributed by atoms with van der Waals surface area (Å²) in [7, 11) is 0. The lowest BCUT2D eigenvalue weighted by Gasteiger charge is -2.16. The normalized spacial score (nSPS) is 11.9. The Hall–Kier alpha value is -3.81. The van der Waals surface area contributed by atoms with E-state index in [0.717, 1.165) is 11.3 Å². The van der Waals surface area contributed by atoms with Crippen LogP contribution in [0.5, 0.6) is 0 Å². The van der Waals surface area contributed by atoms with Crippen molar-refractivity contribution in [1.82, 2.24) is 30.0 Å². The van der Waals surface area contributed by atoms with Crippen LogP contribution in [-0.4, -0.2) is 35.9 Å². The number of amides is 1. The number of nitrogens with one attached hydrogen (secondary N) is 1. The first-order chi connectivity index (χ1) is 13.2. The lowest BCUT2D eigenvalue weighted by atomic mass is 10.1. The van der Waals surface area contributed by atoms with Gasteiger partial charge in [-0.1, -0.05) is 30.3 Å². The number of anilines is 1. The van der Waals surface area contributed by atoms with Crippen LogP contribution >= 0.6 is 0 Å². The Labute approximate surface area is 155 Å². The van der Waals surface area contributed by atoms with E-state index in [9.17, 15) is 4.79 Å². The molecule has 0 saturated heterocycles. The zero-order valence-corrected chi connectivity index (χ0v) is 14.6. The molecule has 1 unspecified atom stereocenters. The van der Waals surface area contributed by atoms with E-state index in [0.29, 0.717) is 11.4 Å². The smallest absolute Gasteiger partial charge is 0.256 e. The van der Waals surface area contributed by atoms with E-state index in [-0.39, 0.29) is 11.9 Å². The summed E-state index contributed by atoms with van der Waals surface area (Å²) in [6.07, 6.45) is 3.18. The fourth-order valence-electron chi connectivity index (χ4n) is 2.83. The first-order valence-corrected chi connectivity index (χ1v) is 8.45. The fraction of sp³-hybridized carbons (Fsp3) is 0.105. The van der Waals surface area contributed by atoms with E-state index in [2.05, 4.69) is 25.9 Å². The monoisotopic (exact) mass is 359 g/mol. The fourth-order valence-corrected chi connectivity index (χ4v) is 2.83. The average molecular weight is 359 g/mol. The van der Waals surface area contributed by atoms with Crippen LogP contribution in [0.25, 0.3) is 5.69 Å². The van der Waals surface area contributed by atoms with Crippen molar-refractivity contribution in [3.05, 3.63) is 84.3 Å². The Morgan fingerprint density at radius 3 is 2.52 bits per heavy atom. The lowest BCUT2D eigenvalue weighted by Crippen LogP contribution is -2.18. The zero-order chi connectivity index (χ0) is 18.6. The molecular weight excluding hydrogens is 342 g/mol. The number of carbonyl (C=O) groups excluding carboxylic acids is 1. The summed E-state index contributed by atoms with van der Waals surface area (Å²) < 4.78 is 3.32. The van der Waals surface area contributed by atoms with Crippen molar-refractivity contribution in [2.45, 2.75) is 13.0 Å². The predicted octanol–water partition coefficient (Wildman–Crippen LogP) is 2.72. The van der Waals surface area contributed by atoms with Crippen molar-refractivity contribution < 1.29 is 4.79 Å². The Bertz CT molecular complexity index is 1020. The topological polar surface area (TPSA) is 90.5 Å². The van der Waals surface area contributed by atoms with Crippen LogP contribution in [0.4, 0.5) is 5.82 Å². The molecule has 134 valence electrons. The average Bonchev–Trinajstić information content (AvgIpc) is 3.40. The first-order valence-electron chi connectivity index (χ1n) is 8.45. The van der Waals surface area contributed by atoms with E-state index in [1.165, 1.54) is 11.0 Å². The summed E-state index contributed by atoms with van der Waals surface area (Å²) in [4.78, 5) is 12.6. The Morgan fingerprint density at radius 1 is 1.04 bits per heavy atom. The van der Waals surface area contributed by atoms with Gasteiger partial charge in [0.25, 0.3) is 5.91 Å². The van der Waals surface area contributed by atoms with Crippen LogP contribution in [0.15, 0.2) is 73.2 Å². The molecule has 2 aromatic carbocycles. The number of hydrogen-bond acceptors (Lipinski definition) is 5. The number of rotatable bonds is 5. The Morgan fingerprint density at radius 2 is 1.81 bits per heavy atom. The maximum absolute atomic E-state index is 12.6. The highest BCUT2D eigenvalue weighted by atomic mass is 16.1. The number of hydrogen-bond donors (Lipinski definition) is 1. The molecule has 0 spiro atoms. The summed E-state index contributed by atoms with van der Waals surface area (Å²) in [5, 5.41) is 18.3. The van der Waals surface area contributed by atoms with Gasteiger partial charge in [0, 0.05) is 11.6 Å².